The number of carbonyl (C=O) groups excluding carboxylic acids is 1. The predicted octanol–water partition coefficient (Wildman–Crippen LogP) is 3.26. The van der Waals surface area contributed by atoms with Gasteiger partial charge in [0.15, 0.2) is 0 Å². The van der Waals surface area contributed by atoms with Gasteiger partial charge in [0.05, 0.1) is 6.10 Å². The minimum absolute atomic E-state index is 0.152. The molecule has 1 amide bonds. The van der Waals surface area contributed by atoms with Crippen molar-refractivity contribution in [2.75, 3.05) is 13.2 Å². The van der Waals surface area contributed by atoms with Crippen LogP contribution in [0.15, 0.2) is 30.3 Å². The summed E-state index contributed by atoms with van der Waals surface area (Å²) in [5.74, 6) is 0.470. The van der Waals surface area contributed by atoms with E-state index in [9.17, 15) is 4.79 Å². The molecule has 20 heavy (non-hydrogen) atoms. The first-order valence-electron chi connectivity index (χ1n) is 7.73. The molecule has 0 radical (unpaired) electrons. The van der Waals surface area contributed by atoms with E-state index in [0.29, 0.717) is 18.4 Å². The monoisotopic (exact) mass is 275 g/mol. The normalized spacial score (nSPS) is 19.8. The van der Waals surface area contributed by atoms with Gasteiger partial charge in [-0.15, -0.1) is 0 Å². The first-order chi connectivity index (χ1) is 9.79. The van der Waals surface area contributed by atoms with Crippen LogP contribution in [0.4, 0.5) is 0 Å². The highest BCUT2D eigenvalue weighted by Gasteiger charge is 2.17. The number of hydrogen-bond donors (Lipinski definition) is 1. The molecule has 110 valence electrons. The van der Waals surface area contributed by atoms with Gasteiger partial charge in [-0.2, -0.15) is 0 Å². The molecule has 0 spiro atoms. The molecule has 1 aliphatic rings. The number of carbonyl (C=O) groups is 1. The van der Waals surface area contributed by atoms with Gasteiger partial charge in [0.2, 0.25) is 5.91 Å². The fourth-order valence-corrected chi connectivity index (χ4v) is 2.76. The summed E-state index contributed by atoms with van der Waals surface area (Å²) in [5.41, 5.74) is 1.25. The summed E-state index contributed by atoms with van der Waals surface area (Å²) in [7, 11) is 0. The van der Waals surface area contributed by atoms with Gasteiger partial charge in [-0.3, -0.25) is 4.79 Å². The molecule has 2 unspecified atom stereocenters. The highest BCUT2D eigenvalue weighted by Crippen LogP contribution is 2.22. The van der Waals surface area contributed by atoms with E-state index in [1.165, 1.54) is 5.56 Å². The summed E-state index contributed by atoms with van der Waals surface area (Å²) >= 11 is 0. The molecule has 1 aromatic rings. The van der Waals surface area contributed by atoms with Crippen LogP contribution in [0.25, 0.3) is 0 Å². The van der Waals surface area contributed by atoms with Gasteiger partial charge in [0.1, 0.15) is 0 Å². The third-order valence-corrected chi connectivity index (χ3v) is 4.01. The van der Waals surface area contributed by atoms with E-state index in [2.05, 4.69) is 24.4 Å². The lowest BCUT2D eigenvalue weighted by molar-refractivity contribution is -0.121. The quantitative estimate of drug-likeness (QED) is 0.829. The zero-order valence-corrected chi connectivity index (χ0v) is 12.3. The van der Waals surface area contributed by atoms with Gasteiger partial charge in [-0.05, 0) is 37.2 Å². The van der Waals surface area contributed by atoms with Gasteiger partial charge in [0, 0.05) is 19.6 Å². The van der Waals surface area contributed by atoms with Crippen molar-refractivity contribution in [1.29, 1.82) is 0 Å². The molecule has 3 nitrogen and oxygen atoms in total. The standard InChI is InChI=1S/C17H25NO2/c1-2-14(15-7-4-3-5-8-15)13-17(19)18-11-10-16-9-6-12-20-16/h3-5,7-8,14,16H,2,6,9-13H2,1H3,(H,18,19). The van der Waals surface area contributed by atoms with Crippen LogP contribution in [-0.4, -0.2) is 25.2 Å². The number of ether oxygens (including phenoxy) is 1. The maximum atomic E-state index is 12.0. The molecular formula is C17H25NO2. The van der Waals surface area contributed by atoms with E-state index >= 15 is 0 Å². The largest absolute Gasteiger partial charge is 0.378 e. The van der Waals surface area contributed by atoms with Crippen LogP contribution >= 0.6 is 0 Å². The zero-order valence-electron chi connectivity index (χ0n) is 12.3. The fourth-order valence-electron chi connectivity index (χ4n) is 2.76. The van der Waals surface area contributed by atoms with Gasteiger partial charge in [0.25, 0.3) is 0 Å². The second kappa shape index (κ2) is 8.05. The van der Waals surface area contributed by atoms with E-state index < -0.39 is 0 Å². The van der Waals surface area contributed by atoms with E-state index in [1.54, 1.807) is 0 Å². The summed E-state index contributed by atoms with van der Waals surface area (Å²) in [5, 5.41) is 3.03. The van der Waals surface area contributed by atoms with E-state index in [0.717, 1.165) is 38.8 Å². The van der Waals surface area contributed by atoms with Crippen molar-refractivity contribution in [3.8, 4) is 0 Å². The summed E-state index contributed by atoms with van der Waals surface area (Å²) in [4.78, 5) is 12.0. The molecule has 1 aliphatic heterocycles. The van der Waals surface area contributed by atoms with Crippen LogP contribution in [0, 0.1) is 0 Å². The lowest BCUT2D eigenvalue weighted by atomic mass is 9.93. The Morgan fingerprint density at radius 3 is 2.85 bits per heavy atom. The second-order valence-corrected chi connectivity index (χ2v) is 5.49. The third kappa shape index (κ3) is 4.64. The van der Waals surface area contributed by atoms with Crippen LogP contribution in [0.5, 0.6) is 0 Å². The number of amides is 1. The van der Waals surface area contributed by atoms with E-state index in [4.69, 9.17) is 4.74 Å². The number of nitrogens with one attached hydrogen (secondary N) is 1. The first-order valence-corrected chi connectivity index (χ1v) is 7.73. The molecule has 2 atom stereocenters. The number of hydrogen-bond acceptors (Lipinski definition) is 2. The van der Waals surface area contributed by atoms with Crippen LogP contribution in [-0.2, 0) is 9.53 Å². The fraction of sp³-hybridized carbons (Fsp3) is 0.588. The minimum atomic E-state index is 0.152. The smallest absolute Gasteiger partial charge is 0.220 e. The van der Waals surface area contributed by atoms with Crippen molar-refractivity contribution in [3.05, 3.63) is 35.9 Å². The maximum Gasteiger partial charge on any atom is 0.220 e. The molecule has 0 saturated carbocycles. The Morgan fingerprint density at radius 1 is 1.40 bits per heavy atom. The highest BCUT2D eigenvalue weighted by atomic mass is 16.5. The van der Waals surface area contributed by atoms with Crippen molar-refractivity contribution < 1.29 is 9.53 Å². The lowest BCUT2D eigenvalue weighted by Gasteiger charge is -2.16. The molecule has 2 rings (SSSR count). The molecular weight excluding hydrogens is 250 g/mol. The Morgan fingerprint density at radius 2 is 2.20 bits per heavy atom. The summed E-state index contributed by atoms with van der Waals surface area (Å²) in [6.45, 7) is 3.75. The molecule has 1 aromatic carbocycles. The van der Waals surface area contributed by atoms with Crippen LogP contribution < -0.4 is 5.32 Å². The molecule has 1 N–H and O–H groups in total. The average Bonchev–Trinajstić information content (AvgIpc) is 2.99. The van der Waals surface area contributed by atoms with Gasteiger partial charge in [-0.1, -0.05) is 37.3 Å². The average molecular weight is 275 g/mol. The summed E-state index contributed by atoms with van der Waals surface area (Å²) in [6.07, 6.45) is 5.15. The molecule has 0 aliphatic carbocycles. The topological polar surface area (TPSA) is 38.3 Å². The summed E-state index contributed by atoms with van der Waals surface area (Å²) in [6, 6.07) is 10.3. The van der Waals surface area contributed by atoms with Crippen molar-refractivity contribution in [2.24, 2.45) is 0 Å². The molecule has 3 heteroatoms. The maximum absolute atomic E-state index is 12.0. The second-order valence-electron chi connectivity index (χ2n) is 5.49. The molecule has 0 bridgehead atoms. The molecule has 1 saturated heterocycles. The van der Waals surface area contributed by atoms with Gasteiger partial charge in [-0.25, -0.2) is 0 Å². The van der Waals surface area contributed by atoms with E-state index in [-0.39, 0.29) is 5.91 Å². The Hall–Kier alpha value is -1.35. The number of rotatable bonds is 7. The highest BCUT2D eigenvalue weighted by molar-refractivity contribution is 5.76. The minimum Gasteiger partial charge on any atom is -0.378 e. The Bertz CT molecular complexity index is 399. The number of benzene rings is 1. The zero-order chi connectivity index (χ0) is 14.2. The van der Waals surface area contributed by atoms with Crippen molar-refractivity contribution in [1.82, 2.24) is 5.32 Å². The van der Waals surface area contributed by atoms with E-state index in [1.807, 2.05) is 18.2 Å². The van der Waals surface area contributed by atoms with Crippen molar-refractivity contribution in [2.45, 2.75) is 51.0 Å². The molecule has 1 heterocycles. The van der Waals surface area contributed by atoms with Crippen LogP contribution in [0.2, 0.25) is 0 Å². The first kappa shape index (κ1) is 15.0. The third-order valence-electron chi connectivity index (χ3n) is 4.01. The van der Waals surface area contributed by atoms with Crippen molar-refractivity contribution in [3.63, 3.8) is 0 Å². The Kier molecular flexibility index (Phi) is 6.06. The van der Waals surface area contributed by atoms with Gasteiger partial charge < -0.3 is 10.1 Å². The summed E-state index contributed by atoms with van der Waals surface area (Å²) < 4.78 is 5.56. The van der Waals surface area contributed by atoms with Crippen LogP contribution in [0.3, 0.4) is 0 Å². The molecule has 0 aromatic heterocycles. The Labute approximate surface area is 121 Å². The SMILES string of the molecule is CCC(CC(=O)NCCC1CCCO1)c1ccccc1. The predicted molar refractivity (Wildman–Crippen MR) is 80.7 cm³/mol. The lowest BCUT2D eigenvalue weighted by Crippen LogP contribution is -2.28. The molecule has 1 fully saturated rings. The van der Waals surface area contributed by atoms with Crippen molar-refractivity contribution >= 4 is 5.91 Å². The Balaban J connectivity index is 1.72. The van der Waals surface area contributed by atoms with Crippen LogP contribution in [0.1, 0.15) is 50.5 Å². The van der Waals surface area contributed by atoms with Gasteiger partial charge >= 0.3 is 0 Å².